The number of aromatic nitrogens is 3. The van der Waals surface area contributed by atoms with Gasteiger partial charge >= 0.3 is 6.18 Å². The zero-order valence-corrected chi connectivity index (χ0v) is 16.9. The van der Waals surface area contributed by atoms with Gasteiger partial charge in [-0.25, -0.2) is 4.98 Å². The number of amides is 1. The van der Waals surface area contributed by atoms with E-state index in [4.69, 9.17) is 16.3 Å². The van der Waals surface area contributed by atoms with Crippen molar-refractivity contribution in [3.8, 4) is 5.75 Å². The number of benzene rings is 1. The van der Waals surface area contributed by atoms with Crippen molar-refractivity contribution in [3.63, 3.8) is 0 Å². The van der Waals surface area contributed by atoms with E-state index < -0.39 is 18.1 Å². The van der Waals surface area contributed by atoms with Crippen LogP contribution >= 0.6 is 22.9 Å². The first-order valence-corrected chi connectivity index (χ1v) is 9.53. The van der Waals surface area contributed by atoms with Crippen molar-refractivity contribution in [3.05, 3.63) is 62.8 Å². The molecule has 0 aliphatic rings. The summed E-state index contributed by atoms with van der Waals surface area (Å²) in [5.74, 6) is -0.300. The van der Waals surface area contributed by atoms with Gasteiger partial charge in [0.25, 0.3) is 5.91 Å². The monoisotopic (exact) mass is 444 g/mol. The fourth-order valence-electron chi connectivity index (χ4n) is 2.54. The summed E-state index contributed by atoms with van der Waals surface area (Å²) in [6.07, 6.45) is -2.38. The lowest BCUT2D eigenvalue weighted by Gasteiger charge is -2.20. The Bertz CT molecular complexity index is 1000. The maximum atomic E-state index is 13.4. The SMILES string of the molecule is Cc1nc(COc2ccc(Cl)cc2)sc1C(=O)N[C@@H](c1cnn(C)c1)C(F)(F)F. The number of nitrogens with zero attached hydrogens (tertiary/aromatic N) is 3. The summed E-state index contributed by atoms with van der Waals surface area (Å²) in [7, 11) is 1.50. The minimum atomic E-state index is -4.67. The molecule has 1 N–H and O–H groups in total. The molecule has 0 bridgehead atoms. The van der Waals surface area contributed by atoms with Gasteiger partial charge in [-0.3, -0.25) is 9.48 Å². The molecule has 0 saturated heterocycles. The topological polar surface area (TPSA) is 69.0 Å². The smallest absolute Gasteiger partial charge is 0.413 e. The molecule has 2 aromatic heterocycles. The van der Waals surface area contributed by atoms with Crippen LogP contribution in [-0.4, -0.2) is 26.8 Å². The van der Waals surface area contributed by atoms with E-state index in [1.165, 1.54) is 17.9 Å². The van der Waals surface area contributed by atoms with E-state index in [0.29, 0.717) is 21.5 Å². The molecule has 2 heterocycles. The first-order valence-electron chi connectivity index (χ1n) is 8.34. The molecule has 6 nitrogen and oxygen atoms in total. The Morgan fingerprint density at radius 1 is 1.34 bits per heavy atom. The second-order valence-electron chi connectivity index (χ2n) is 6.16. The van der Waals surface area contributed by atoms with E-state index in [1.54, 1.807) is 31.2 Å². The average molecular weight is 445 g/mol. The van der Waals surface area contributed by atoms with Crippen LogP contribution < -0.4 is 10.1 Å². The van der Waals surface area contributed by atoms with Gasteiger partial charge in [0.1, 0.15) is 22.2 Å². The number of nitrogens with one attached hydrogen (secondary N) is 1. The highest BCUT2D eigenvalue weighted by atomic mass is 35.5. The first kappa shape index (κ1) is 21.1. The van der Waals surface area contributed by atoms with E-state index in [0.717, 1.165) is 17.5 Å². The average Bonchev–Trinajstić information content (AvgIpc) is 3.23. The van der Waals surface area contributed by atoms with Crippen molar-refractivity contribution in [1.29, 1.82) is 0 Å². The highest BCUT2D eigenvalue weighted by Gasteiger charge is 2.43. The van der Waals surface area contributed by atoms with Gasteiger partial charge in [-0.15, -0.1) is 11.3 Å². The second-order valence-corrected chi connectivity index (χ2v) is 7.68. The second kappa shape index (κ2) is 8.42. The Morgan fingerprint density at radius 2 is 2.03 bits per heavy atom. The van der Waals surface area contributed by atoms with E-state index in [-0.39, 0.29) is 17.0 Å². The van der Waals surface area contributed by atoms with Crippen LogP contribution in [0.3, 0.4) is 0 Å². The minimum absolute atomic E-state index is 0.0751. The van der Waals surface area contributed by atoms with Crippen molar-refractivity contribution < 1.29 is 22.7 Å². The Kier molecular flexibility index (Phi) is 6.13. The quantitative estimate of drug-likeness (QED) is 0.610. The molecule has 1 aromatic carbocycles. The highest BCUT2D eigenvalue weighted by molar-refractivity contribution is 7.13. The maximum absolute atomic E-state index is 13.4. The molecule has 1 atom stereocenters. The standard InChI is InChI=1S/C18H16ClF3N4O2S/c1-10-15(29-14(24-10)9-28-13-5-3-12(19)4-6-13)17(27)25-16(18(20,21)22)11-7-23-26(2)8-11/h3-8,16H,9H2,1-2H3,(H,25,27)/t16-/m0/s1. The van der Waals surface area contributed by atoms with Crippen molar-refractivity contribution in [2.45, 2.75) is 25.7 Å². The number of hydrogen-bond acceptors (Lipinski definition) is 5. The van der Waals surface area contributed by atoms with Crippen LogP contribution in [0.25, 0.3) is 0 Å². The Hall–Kier alpha value is -2.59. The molecule has 0 radical (unpaired) electrons. The Morgan fingerprint density at radius 3 is 2.62 bits per heavy atom. The maximum Gasteiger partial charge on any atom is 0.413 e. The molecule has 0 saturated carbocycles. The van der Waals surface area contributed by atoms with Crippen LogP contribution in [0.1, 0.15) is 32.0 Å². The molecule has 154 valence electrons. The molecule has 0 spiro atoms. The molecular weight excluding hydrogens is 429 g/mol. The molecular formula is C18H16ClF3N4O2S. The van der Waals surface area contributed by atoms with Crippen LogP contribution in [0.4, 0.5) is 13.2 Å². The summed E-state index contributed by atoms with van der Waals surface area (Å²) in [4.78, 5) is 16.8. The summed E-state index contributed by atoms with van der Waals surface area (Å²) in [5.41, 5.74) is 0.177. The molecule has 0 aliphatic carbocycles. The van der Waals surface area contributed by atoms with Gasteiger partial charge in [-0.2, -0.15) is 18.3 Å². The molecule has 0 unspecified atom stereocenters. The third-order valence-electron chi connectivity index (χ3n) is 3.88. The van der Waals surface area contributed by atoms with Gasteiger partial charge in [0, 0.05) is 23.8 Å². The summed E-state index contributed by atoms with van der Waals surface area (Å²) >= 11 is 6.79. The number of rotatable bonds is 6. The number of alkyl halides is 3. The van der Waals surface area contributed by atoms with Crippen LogP contribution in [0.15, 0.2) is 36.7 Å². The minimum Gasteiger partial charge on any atom is -0.486 e. The molecule has 11 heteroatoms. The fourth-order valence-corrected chi connectivity index (χ4v) is 3.55. The summed E-state index contributed by atoms with van der Waals surface area (Å²) in [6, 6.07) is 4.52. The lowest BCUT2D eigenvalue weighted by Crippen LogP contribution is -2.37. The molecule has 0 aliphatic heterocycles. The lowest BCUT2D eigenvalue weighted by atomic mass is 10.1. The molecule has 29 heavy (non-hydrogen) atoms. The van der Waals surface area contributed by atoms with Crippen molar-refractivity contribution in [2.24, 2.45) is 7.05 Å². The normalized spacial score (nSPS) is 12.6. The number of carbonyl (C=O) groups excluding carboxylic acids is 1. The number of aryl methyl sites for hydroxylation is 2. The fraction of sp³-hybridized carbons (Fsp3) is 0.278. The van der Waals surface area contributed by atoms with E-state index in [1.807, 2.05) is 5.32 Å². The van der Waals surface area contributed by atoms with Crippen molar-refractivity contribution >= 4 is 28.8 Å². The van der Waals surface area contributed by atoms with Crippen LogP contribution in [0.5, 0.6) is 5.75 Å². The third-order valence-corrected chi connectivity index (χ3v) is 5.27. The zero-order valence-electron chi connectivity index (χ0n) is 15.3. The molecule has 3 rings (SSSR count). The Labute approximate surface area is 173 Å². The third kappa shape index (κ3) is 5.27. The lowest BCUT2D eigenvalue weighted by molar-refractivity contribution is -0.155. The molecule has 3 aromatic rings. The van der Waals surface area contributed by atoms with Gasteiger partial charge in [-0.05, 0) is 31.2 Å². The zero-order chi connectivity index (χ0) is 21.2. The van der Waals surface area contributed by atoms with Crippen LogP contribution in [0, 0.1) is 6.92 Å². The number of ether oxygens (including phenoxy) is 1. The van der Waals surface area contributed by atoms with Crippen molar-refractivity contribution in [1.82, 2.24) is 20.1 Å². The van der Waals surface area contributed by atoms with Crippen molar-refractivity contribution in [2.75, 3.05) is 0 Å². The summed E-state index contributed by atoms with van der Waals surface area (Å²) in [5, 5.41) is 6.81. The van der Waals surface area contributed by atoms with E-state index >= 15 is 0 Å². The molecule has 0 fully saturated rings. The number of hydrogen-bond donors (Lipinski definition) is 1. The summed E-state index contributed by atoms with van der Waals surface area (Å²) in [6.45, 7) is 1.63. The number of carbonyl (C=O) groups is 1. The van der Waals surface area contributed by atoms with Gasteiger partial charge in [0.15, 0.2) is 6.04 Å². The highest BCUT2D eigenvalue weighted by Crippen LogP contribution is 2.33. The predicted octanol–water partition coefficient (Wildman–Crippen LogP) is 4.45. The molecule has 1 amide bonds. The van der Waals surface area contributed by atoms with Gasteiger partial charge < -0.3 is 10.1 Å². The first-order chi connectivity index (χ1) is 13.6. The van der Waals surface area contributed by atoms with Crippen LogP contribution in [-0.2, 0) is 13.7 Å². The van der Waals surface area contributed by atoms with Gasteiger partial charge in [-0.1, -0.05) is 11.6 Å². The number of thiazole rings is 1. The largest absolute Gasteiger partial charge is 0.486 e. The predicted molar refractivity (Wildman–Crippen MR) is 102 cm³/mol. The van der Waals surface area contributed by atoms with E-state index in [2.05, 4.69) is 10.1 Å². The Balaban J connectivity index is 1.72. The summed E-state index contributed by atoms with van der Waals surface area (Å²) < 4.78 is 47.1. The van der Waals surface area contributed by atoms with Crippen LogP contribution in [0.2, 0.25) is 5.02 Å². The van der Waals surface area contributed by atoms with E-state index in [9.17, 15) is 18.0 Å². The van der Waals surface area contributed by atoms with Gasteiger partial charge in [0.05, 0.1) is 11.9 Å². The van der Waals surface area contributed by atoms with Gasteiger partial charge in [0.2, 0.25) is 0 Å². The number of halogens is 4.